The Morgan fingerprint density at radius 3 is 2.37 bits per heavy atom. The average molecular weight is 260 g/mol. The van der Waals surface area contributed by atoms with Crippen LogP contribution < -0.4 is 0 Å². The number of aliphatic hydroxyl groups is 1. The number of allylic oxidation sites excluding steroid dienone is 3. The van der Waals surface area contributed by atoms with Gasteiger partial charge in [-0.2, -0.15) is 0 Å². The first-order valence-electron chi connectivity index (χ1n) is 5.73. The molecule has 19 heavy (non-hydrogen) atoms. The van der Waals surface area contributed by atoms with Crippen molar-refractivity contribution in [2.75, 3.05) is 7.11 Å². The summed E-state index contributed by atoms with van der Waals surface area (Å²) in [4.78, 5) is 22.3. The molecule has 0 atom stereocenters. The molecule has 1 rings (SSSR count). The minimum Gasteiger partial charge on any atom is -0.466 e. The van der Waals surface area contributed by atoms with E-state index in [1.54, 1.807) is 20.8 Å². The van der Waals surface area contributed by atoms with Crippen molar-refractivity contribution >= 4 is 11.8 Å². The predicted molar refractivity (Wildman–Crippen MR) is 71.0 cm³/mol. The summed E-state index contributed by atoms with van der Waals surface area (Å²) in [5.41, 5.74) is -0.0522. The monoisotopic (exact) mass is 260 g/mol. The Kier molecular flexibility index (Phi) is 4.47. The third-order valence-electron chi connectivity index (χ3n) is 2.84. The van der Waals surface area contributed by atoms with Gasteiger partial charge >= 0.3 is 5.97 Å². The Hall–Kier alpha value is -2.12. The maximum absolute atomic E-state index is 11.3. The van der Waals surface area contributed by atoms with E-state index in [0.29, 0.717) is 16.7 Å². The molecule has 4 nitrogen and oxygen atoms in total. The largest absolute Gasteiger partial charge is 0.466 e. The van der Waals surface area contributed by atoms with Gasteiger partial charge in [-0.25, -0.2) is 4.79 Å². The molecule has 0 aromatic carbocycles. The van der Waals surface area contributed by atoms with Crippen molar-refractivity contribution in [3.8, 4) is 11.8 Å². The standard InChI is InChI=1S/C15H16O4/c1-10(7-14(17)19-4)5-6-15(18)11(2)8-13(16)9-12(15)3/h7-9,18H,1-4H3/b10-7-. The van der Waals surface area contributed by atoms with E-state index in [1.165, 1.54) is 25.3 Å². The van der Waals surface area contributed by atoms with Crippen molar-refractivity contribution in [3.05, 3.63) is 34.9 Å². The number of rotatable bonds is 1. The lowest BCUT2D eigenvalue weighted by Crippen LogP contribution is -2.33. The molecule has 0 aromatic heterocycles. The fraction of sp³-hybridized carbons (Fsp3) is 0.333. The first-order chi connectivity index (χ1) is 8.79. The number of hydrogen-bond donors (Lipinski definition) is 1. The lowest BCUT2D eigenvalue weighted by Gasteiger charge is -2.26. The highest BCUT2D eigenvalue weighted by atomic mass is 16.5. The van der Waals surface area contributed by atoms with Gasteiger partial charge in [0, 0.05) is 11.6 Å². The van der Waals surface area contributed by atoms with E-state index in [-0.39, 0.29) is 5.78 Å². The SMILES string of the molecule is COC(=O)/C=C(/C)C#CC1(O)C(C)=CC(=O)C=C1C. The quantitative estimate of drug-likeness (QED) is 0.439. The third kappa shape index (κ3) is 3.43. The molecule has 0 radical (unpaired) electrons. The van der Waals surface area contributed by atoms with Crippen molar-refractivity contribution in [3.63, 3.8) is 0 Å². The van der Waals surface area contributed by atoms with Gasteiger partial charge in [-0.05, 0) is 44.1 Å². The second kappa shape index (κ2) is 5.68. The highest BCUT2D eigenvalue weighted by molar-refractivity contribution is 6.02. The number of ether oxygens (including phenoxy) is 1. The van der Waals surface area contributed by atoms with Gasteiger partial charge in [-0.1, -0.05) is 11.8 Å². The zero-order valence-corrected chi connectivity index (χ0v) is 11.4. The topological polar surface area (TPSA) is 63.6 Å². The first-order valence-corrected chi connectivity index (χ1v) is 5.73. The van der Waals surface area contributed by atoms with Crippen LogP contribution in [0, 0.1) is 11.8 Å². The van der Waals surface area contributed by atoms with Crippen molar-refractivity contribution < 1.29 is 19.4 Å². The van der Waals surface area contributed by atoms with Gasteiger partial charge in [0.2, 0.25) is 0 Å². The summed E-state index contributed by atoms with van der Waals surface area (Å²) < 4.78 is 4.48. The van der Waals surface area contributed by atoms with Gasteiger partial charge < -0.3 is 9.84 Å². The fourth-order valence-electron chi connectivity index (χ4n) is 1.65. The van der Waals surface area contributed by atoms with E-state index in [1.807, 2.05) is 0 Å². The summed E-state index contributed by atoms with van der Waals surface area (Å²) in [6.07, 6.45) is 3.94. The van der Waals surface area contributed by atoms with E-state index in [0.717, 1.165) is 0 Å². The van der Waals surface area contributed by atoms with Crippen LogP contribution in [0.2, 0.25) is 0 Å². The molecule has 1 N–H and O–H groups in total. The van der Waals surface area contributed by atoms with E-state index in [9.17, 15) is 14.7 Å². The van der Waals surface area contributed by atoms with Crippen LogP contribution in [-0.4, -0.2) is 29.6 Å². The summed E-state index contributed by atoms with van der Waals surface area (Å²) in [6, 6.07) is 0. The number of carbonyl (C=O) groups is 2. The molecule has 0 aliphatic heterocycles. The summed E-state index contributed by atoms with van der Waals surface area (Å²) in [7, 11) is 1.28. The minimum absolute atomic E-state index is 0.164. The molecule has 4 heteroatoms. The zero-order valence-electron chi connectivity index (χ0n) is 11.4. The molecular formula is C15H16O4. The summed E-state index contributed by atoms with van der Waals surface area (Å²) in [5, 5.41) is 10.5. The molecule has 0 bridgehead atoms. The van der Waals surface area contributed by atoms with Crippen LogP contribution >= 0.6 is 0 Å². The normalized spacial score (nSPS) is 17.9. The van der Waals surface area contributed by atoms with E-state index in [2.05, 4.69) is 16.6 Å². The summed E-state index contributed by atoms with van der Waals surface area (Å²) >= 11 is 0. The van der Waals surface area contributed by atoms with Gasteiger partial charge in [0.15, 0.2) is 11.4 Å². The zero-order chi connectivity index (χ0) is 14.6. The van der Waals surface area contributed by atoms with Crippen LogP contribution in [0.4, 0.5) is 0 Å². The van der Waals surface area contributed by atoms with E-state index >= 15 is 0 Å². The lowest BCUT2D eigenvalue weighted by molar-refractivity contribution is -0.134. The number of esters is 1. The number of carbonyl (C=O) groups excluding carboxylic acids is 2. The predicted octanol–water partition coefficient (Wildman–Crippen LogP) is 1.32. The van der Waals surface area contributed by atoms with Crippen LogP contribution in [0.3, 0.4) is 0 Å². The average Bonchev–Trinajstić information content (AvgIpc) is 2.33. The summed E-state index contributed by atoms with van der Waals surface area (Å²) in [6.45, 7) is 4.92. The number of hydrogen-bond acceptors (Lipinski definition) is 4. The van der Waals surface area contributed by atoms with Crippen LogP contribution in [0.5, 0.6) is 0 Å². The van der Waals surface area contributed by atoms with Gasteiger partial charge in [0.05, 0.1) is 7.11 Å². The van der Waals surface area contributed by atoms with Crippen molar-refractivity contribution in [2.24, 2.45) is 0 Å². The number of ketones is 1. The van der Waals surface area contributed by atoms with E-state index < -0.39 is 11.6 Å². The number of methoxy groups -OCH3 is 1. The molecule has 0 heterocycles. The Morgan fingerprint density at radius 1 is 1.37 bits per heavy atom. The Balaban J connectivity index is 3.08. The first kappa shape index (κ1) is 14.9. The molecule has 100 valence electrons. The molecule has 0 saturated carbocycles. The molecular weight excluding hydrogens is 244 g/mol. The van der Waals surface area contributed by atoms with Crippen LogP contribution in [0.1, 0.15) is 20.8 Å². The van der Waals surface area contributed by atoms with Gasteiger partial charge in [-0.3, -0.25) is 4.79 Å². The van der Waals surface area contributed by atoms with Gasteiger partial charge in [0.1, 0.15) is 0 Å². The molecule has 0 spiro atoms. The van der Waals surface area contributed by atoms with Crippen LogP contribution in [-0.2, 0) is 14.3 Å². The Morgan fingerprint density at radius 2 is 1.89 bits per heavy atom. The second-order valence-electron chi connectivity index (χ2n) is 4.37. The van der Waals surface area contributed by atoms with Crippen molar-refractivity contribution in [1.29, 1.82) is 0 Å². The molecule has 0 unspecified atom stereocenters. The molecule has 1 aliphatic rings. The summed E-state index contributed by atoms with van der Waals surface area (Å²) in [5.74, 6) is 4.72. The van der Waals surface area contributed by atoms with Crippen LogP contribution in [0.25, 0.3) is 0 Å². The Labute approximate surface area is 112 Å². The third-order valence-corrected chi connectivity index (χ3v) is 2.84. The van der Waals surface area contributed by atoms with Crippen LogP contribution in [0.15, 0.2) is 34.9 Å². The maximum Gasteiger partial charge on any atom is 0.331 e. The molecule has 0 aromatic rings. The van der Waals surface area contributed by atoms with Crippen molar-refractivity contribution in [1.82, 2.24) is 0 Å². The van der Waals surface area contributed by atoms with Crippen molar-refractivity contribution in [2.45, 2.75) is 26.4 Å². The fourth-order valence-corrected chi connectivity index (χ4v) is 1.65. The molecule has 0 saturated heterocycles. The second-order valence-corrected chi connectivity index (χ2v) is 4.37. The highest BCUT2D eigenvalue weighted by Gasteiger charge is 2.32. The highest BCUT2D eigenvalue weighted by Crippen LogP contribution is 2.28. The molecule has 1 aliphatic carbocycles. The molecule has 0 amide bonds. The lowest BCUT2D eigenvalue weighted by atomic mass is 9.83. The smallest absolute Gasteiger partial charge is 0.331 e. The molecule has 0 fully saturated rings. The van der Waals surface area contributed by atoms with E-state index in [4.69, 9.17) is 0 Å². The minimum atomic E-state index is -1.46. The van der Waals surface area contributed by atoms with Gasteiger partial charge in [-0.15, -0.1) is 0 Å². The Bertz CT molecular complexity index is 543. The van der Waals surface area contributed by atoms with Gasteiger partial charge in [0.25, 0.3) is 0 Å². The maximum atomic E-state index is 11.3.